The molecule has 0 unspecified atom stereocenters. The first-order chi connectivity index (χ1) is 13.8. The predicted octanol–water partition coefficient (Wildman–Crippen LogP) is 3.72. The van der Waals surface area contributed by atoms with Gasteiger partial charge in [0.2, 0.25) is 11.8 Å². The van der Waals surface area contributed by atoms with E-state index < -0.39 is 5.92 Å². The molecular formula is C22H24ClN3O3. The van der Waals surface area contributed by atoms with Gasteiger partial charge in [0, 0.05) is 30.2 Å². The van der Waals surface area contributed by atoms with Gasteiger partial charge in [0.15, 0.2) is 0 Å². The quantitative estimate of drug-likeness (QED) is 0.757. The second-order valence-corrected chi connectivity index (χ2v) is 7.96. The van der Waals surface area contributed by atoms with Crippen molar-refractivity contribution in [3.8, 4) is 0 Å². The third-order valence-electron chi connectivity index (χ3n) is 4.72. The molecule has 6 nitrogen and oxygen atoms in total. The van der Waals surface area contributed by atoms with E-state index in [0.29, 0.717) is 34.4 Å². The molecule has 1 fully saturated rings. The van der Waals surface area contributed by atoms with Crippen LogP contribution in [0.5, 0.6) is 0 Å². The fourth-order valence-corrected chi connectivity index (χ4v) is 3.38. The fourth-order valence-electron chi connectivity index (χ4n) is 3.19. The Morgan fingerprint density at radius 2 is 1.93 bits per heavy atom. The normalized spacial score (nSPS) is 16.2. The summed E-state index contributed by atoms with van der Waals surface area (Å²) >= 11 is 6.01. The molecule has 152 valence electrons. The second kappa shape index (κ2) is 9.09. The first-order valence-corrected chi connectivity index (χ1v) is 9.97. The maximum atomic E-state index is 12.8. The van der Waals surface area contributed by atoms with Crippen molar-refractivity contribution in [1.29, 1.82) is 0 Å². The molecule has 2 aromatic rings. The molecule has 0 saturated carbocycles. The van der Waals surface area contributed by atoms with Crippen molar-refractivity contribution in [2.45, 2.75) is 20.3 Å². The van der Waals surface area contributed by atoms with Crippen LogP contribution in [0.4, 0.5) is 11.4 Å². The molecule has 0 aliphatic carbocycles. The molecule has 0 aromatic heterocycles. The van der Waals surface area contributed by atoms with Crippen molar-refractivity contribution in [3.63, 3.8) is 0 Å². The smallest absolute Gasteiger partial charge is 0.253 e. The molecule has 2 aromatic carbocycles. The van der Waals surface area contributed by atoms with E-state index in [1.807, 2.05) is 13.8 Å². The number of halogens is 1. The molecule has 1 saturated heterocycles. The van der Waals surface area contributed by atoms with Crippen molar-refractivity contribution in [2.24, 2.45) is 11.8 Å². The van der Waals surface area contributed by atoms with Crippen LogP contribution in [-0.2, 0) is 9.59 Å². The molecule has 7 heteroatoms. The minimum atomic E-state index is -0.506. The number of nitrogens with one attached hydrogen (secondary N) is 2. The number of benzene rings is 2. The molecule has 1 atom stereocenters. The predicted molar refractivity (Wildman–Crippen MR) is 114 cm³/mol. The van der Waals surface area contributed by atoms with E-state index in [0.717, 1.165) is 0 Å². The Hall–Kier alpha value is -2.86. The zero-order valence-corrected chi connectivity index (χ0v) is 17.2. The third kappa shape index (κ3) is 5.15. The van der Waals surface area contributed by atoms with Crippen LogP contribution in [0.3, 0.4) is 0 Å². The van der Waals surface area contributed by atoms with Gasteiger partial charge in [-0.05, 0) is 36.2 Å². The Kier molecular flexibility index (Phi) is 6.54. The lowest BCUT2D eigenvalue weighted by Gasteiger charge is -2.17. The van der Waals surface area contributed by atoms with E-state index in [4.69, 9.17) is 11.6 Å². The Morgan fingerprint density at radius 3 is 2.66 bits per heavy atom. The van der Waals surface area contributed by atoms with E-state index in [2.05, 4.69) is 10.6 Å². The number of hydrogen-bond acceptors (Lipinski definition) is 3. The minimum absolute atomic E-state index is 0.111. The number of anilines is 2. The number of carbonyl (C=O) groups is 3. The summed E-state index contributed by atoms with van der Waals surface area (Å²) < 4.78 is 0. The molecule has 1 aliphatic heterocycles. The molecule has 0 bridgehead atoms. The first-order valence-electron chi connectivity index (χ1n) is 9.59. The summed E-state index contributed by atoms with van der Waals surface area (Å²) in [6, 6.07) is 13.9. The zero-order chi connectivity index (χ0) is 21.0. The summed E-state index contributed by atoms with van der Waals surface area (Å²) in [6.45, 7) is 4.84. The average Bonchev–Trinajstić information content (AvgIpc) is 3.08. The van der Waals surface area contributed by atoms with Crippen molar-refractivity contribution < 1.29 is 14.4 Å². The molecule has 0 radical (unpaired) electrons. The number of hydrogen-bond donors (Lipinski definition) is 2. The van der Waals surface area contributed by atoms with Gasteiger partial charge in [0.1, 0.15) is 0 Å². The number of rotatable bonds is 6. The summed E-state index contributed by atoms with van der Waals surface area (Å²) in [7, 11) is 0. The Bertz CT molecular complexity index is 929. The molecule has 0 spiro atoms. The van der Waals surface area contributed by atoms with Crippen LogP contribution in [0.25, 0.3) is 0 Å². The van der Waals surface area contributed by atoms with E-state index in [-0.39, 0.29) is 30.7 Å². The van der Waals surface area contributed by atoms with E-state index in [1.54, 1.807) is 53.4 Å². The highest BCUT2D eigenvalue weighted by molar-refractivity contribution is 6.31. The van der Waals surface area contributed by atoms with E-state index >= 15 is 0 Å². The van der Waals surface area contributed by atoms with Gasteiger partial charge in [0.25, 0.3) is 5.91 Å². The van der Waals surface area contributed by atoms with Crippen LogP contribution in [-0.4, -0.2) is 30.8 Å². The van der Waals surface area contributed by atoms with E-state index in [9.17, 15) is 14.4 Å². The maximum absolute atomic E-state index is 12.8. The first kappa shape index (κ1) is 20.9. The lowest BCUT2D eigenvalue weighted by Crippen LogP contribution is -2.30. The summed E-state index contributed by atoms with van der Waals surface area (Å²) in [5, 5.41) is 6.21. The van der Waals surface area contributed by atoms with Crippen molar-refractivity contribution in [1.82, 2.24) is 5.32 Å². The van der Waals surface area contributed by atoms with Crippen molar-refractivity contribution >= 4 is 40.7 Å². The molecule has 3 amide bonds. The number of carbonyl (C=O) groups excluding carboxylic acids is 3. The molecule has 29 heavy (non-hydrogen) atoms. The largest absolute Gasteiger partial charge is 0.352 e. The van der Waals surface area contributed by atoms with Crippen LogP contribution < -0.4 is 15.5 Å². The van der Waals surface area contributed by atoms with Gasteiger partial charge in [-0.25, -0.2) is 0 Å². The van der Waals surface area contributed by atoms with Crippen LogP contribution >= 0.6 is 11.6 Å². The molecule has 3 rings (SSSR count). The van der Waals surface area contributed by atoms with Crippen LogP contribution in [0, 0.1) is 11.8 Å². The van der Waals surface area contributed by atoms with Crippen molar-refractivity contribution in [2.75, 3.05) is 23.3 Å². The summed E-state index contributed by atoms with van der Waals surface area (Å²) in [6.07, 6.45) is 0.111. The Labute approximate surface area is 175 Å². The lowest BCUT2D eigenvalue weighted by molar-refractivity contribution is -0.122. The van der Waals surface area contributed by atoms with Crippen molar-refractivity contribution in [3.05, 3.63) is 59.1 Å². The summed E-state index contributed by atoms with van der Waals surface area (Å²) in [5.74, 6) is -0.837. The highest BCUT2D eigenvalue weighted by Gasteiger charge is 2.35. The molecule has 2 N–H and O–H groups in total. The fraction of sp³-hybridized carbons (Fsp3) is 0.318. The number of nitrogens with zero attached hydrogens (tertiary/aromatic N) is 1. The topological polar surface area (TPSA) is 78.5 Å². The van der Waals surface area contributed by atoms with Crippen LogP contribution in [0.2, 0.25) is 5.02 Å². The Morgan fingerprint density at radius 1 is 1.17 bits per heavy atom. The van der Waals surface area contributed by atoms with Gasteiger partial charge < -0.3 is 15.5 Å². The minimum Gasteiger partial charge on any atom is -0.352 e. The van der Waals surface area contributed by atoms with Gasteiger partial charge in [-0.1, -0.05) is 43.6 Å². The summed E-state index contributed by atoms with van der Waals surface area (Å²) in [4.78, 5) is 39.2. The summed E-state index contributed by atoms with van der Waals surface area (Å²) in [5.41, 5.74) is 1.51. The molecular weight excluding hydrogens is 390 g/mol. The second-order valence-electron chi connectivity index (χ2n) is 7.52. The van der Waals surface area contributed by atoms with Crippen LogP contribution in [0.15, 0.2) is 48.5 Å². The molecule has 1 heterocycles. The zero-order valence-electron chi connectivity index (χ0n) is 16.4. The molecule has 1 aliphatic rings. The lowest BCUT2D eigenvalue weighted by atomic mass is 10.1. The third-order valence-corrected chi connectivity index (χ3v) is 4.95. The monoisotopic (exact) mass is 413 g/mol. The van der Waals surface area contributed by atoms with Gasteiger partial charge in [-0.2, -0.15) is 0 Å². The Balaban J connectivity index is 1.70. The average molecular weight is 414 g/mol. The number of amides is 3. The number of para-hydroxylation sites is 1. The van der Waals surface area contributed by atoms with Gasteiger partial charge in [-0.15, -0.1) is 0 Å². The highest BCUT2D eigenvalue weighted by Crippen LogP contribution is 2.28. The SMILES string of the molecule is CC(C)CNC(=O)c1ccccc1NC(=O)[C@H]1CC(=O)N(c2cccc(Cl)c2)C1. The highest BCUT2D eigenvalue weighted by atomic mass is 35.5. The van der Waals surface area contributed by atoms with E-state index in [1.165, 1.54) is 0 Å². The maximum Gasteiger partial charge on any atom is 0.253 e. The van der Waals surface area contributed by atoms with Gasteiger partial charge in [-0.3, -0.25) is 14.4 Å². The van der Waals surface area contributed by atoms with Crippen LogP contribution in [0.1, 0.15) is 30.6 Å². The van der Waals surface area contributed by atoms with Gasteiger partial charge >= 0.3 is 0 Å². The standard InChI is InChI=1S/C22H24ClN3O3/c1-14(2)12-24-22(29)18-8-3-4-9-19(18)25-21(28)15-10-20(27)26(13-15)17-7-5-6-16(23)11-17/h3-9,11,14-15H,10,12-13H2,1-2H3,(H,24,29)(H,25,28)/t15-/m0/s1. The van der Waals surface area contributed by atoms with Gasteiger partial charge in [0.05, 0.1) is 17.2 Å².